The second kappa shape index (κ2) is 4.70. The number of aromatic nitrogens is 2. The van der Waals surface area contributed by atoms with E-state index in [1.54, 1.807) is 12.4 Å². The van der Waals surface area contributed by atoms with Crippen LogP contribution in [0.1, 0.15) is 37.1 Å². The molecule has 0 fully saturated rings. The van der Waals surface area contributed by atoms with Crippen LogP contribution in [0.2, 0.25) is 0 Å². The third kappa shape index (κ3) is 2.61. The van der Waals surface area contributed by atoms with E-state index in [0.717, 1.165) is 24.1 Å². The molecule has 1 rings (SSSR count). The minimum atomic E-state index is 0.276. The van der Waals surface area contributed by atoms with Crippen LogP contribution in [0.15, 0.2) is 12.4 Å². The number of hydrogen-bond acceptors (Lipinski definition) is 3. The van der Waals surface area contributed by atoms with Crippen LogP contribution >= 0.6 is 0 Å². The zero-order chi connectivity index (χ0) is 9.68. The molecule has 0 aliphatic heterocycles. The minimum absolute atomic E-state index is 0.276. The van der Waals surface area contributed by atoms with Gasteiger partial charge in [-0.25, -0.2) is 9.97 Å². The van der Waals surface area contributed by atoms with Gasteiger partial charge in [-0.05, 0) is 24.8 Å². The van der Waals surface area contributed by atoms with Crippen molar-refractivity contribution in [3.63, 3.8) is 0 Å². The average molecular weight is 178 g/mol. The van der Waals surface area contributed by atoms with E-state index in [1.165, 1.54) is 0 Å². The van der Waals surface area contributed by atoms with Crippen LogP contribution in [0.4, 0.5) is 0 Å². The Morgan fingerprint density at radius 2 is 2.08 bits per heavy atom. The van der Waals surface area contributed by atoms with Crippen molar-refractivity contribution in [2.24, 2.45) is 0 Å². The maximum Gasteiger partial charge on any atom is 0.125 e. The van der Waals surface area contributed by atoms with E-state index in [1.807, 2.05) is 6.92 Å². The Labute approximate surface area is 78.2 Å². The van der Waals surface area contributed by atoms with E-state index in [0.29, 0.717) is 6.42 Å². The molecule has 0 amide bonds. The summed E-state index contributed by atoms with van der Waals surface area (Å²) in [5, 5.41) is 0. The van der Waals surface area contributed by atoms with E-state index in [9.17, 15) is 4.79 Å². The summed E-state index contributed by atoms with van der Waals surface area (Å²) < 4.78 is 0. The van der Waals surface area contributed by atoms with Gasteiger partial charge in [0.25, 0.3) is 0 Å². The molecule has 0 saturated carbocycles. The molecule has 0 spiro atoms. The minimum Gasteiger partial charge on any atom is -0.303 e. The fourth-order valence-corrected chi connectivity index (χ4v) is 1.27. The zero-order valence-electron chi connectivity index (χ0n) is 8.03. The molecular formula is C10H14N2O. The second-order valence-corrected chi connectivity index (χ2v) is 3.07. The van der Waals surface area contributed by atoms with Crippen LogP contribution in [0, 0.1) is 6.92 Å². The molecule has 3 heteroatoms. The largest absolute Gasteiger partial charge is 0.303 e. The van der Waals surface area contributed by atoms with Gasteiger partial charge in [0, 0.05) is 18.8 Å². The van der Waals surface area contributed by atoms with Crippen molar-refractivity contribution >= 4 is 6.29 Å². The Hall–Kier alpha value is -1.25. The highest BCUT2D eigenvalue weighted by atomic mass is 16.1. The lowest BCUT2D eigenvalue weighted by Crippen LogP contribution is -2.00. The van der Waals surface area contributed by atoms with Crippen molar-refractivity contribution in [3.05, 3.63) is 23.8 Å². The number of aryl methyl sites for hydroxylation is 1. The second-order valence-electron chi connectivity index (χ2n) is 3.07. The molecule has 0 bridgehead atoms. The highest BCUT2D eigenvalue weighted by Gasteiger charge is 2.08. The number of carbonyl (C=O) groups excluding carboxylic acids is 1. The van der Waals surface area contributed by atoms with E-state index in [4.69, 9.17) is 0 Å². The molecule has 0 saturated heterocycles. The average Bonchev–Trinajstić information content (AvgIpc) is 2.16. The molecule has 3 nitrogen and oxygen atoms in total. The topological polar surface area (TPSA) is 42.9 Å². The normalized spacial score (nSPS) is 12.5. The van der Waals surface area contributed by atoms with E-state index >= 15 is 0 Å². The number of carbonyl (C=O) groups is 1. The van der Waals surface area contributed by atoms with Gasteiger partial charge in [0.05, 0.1) is 0 Å². The van der Waals surface area contributed by atoms with Crippen molar-refractivity contribution in [1.82, 2.24) is 9.97 Å². The van der Waals surface area contributed by atoms with Crippen LogP contribution in [-0.4, -0.2) is 16.3 Å². The lowest BCUT2D eigenvalue weighted by molar-refractivity contribution is -0.108. The Balaban J connectivity index is 2.78. The number of nitrogens with zero attached hydrogens (tertiary/aromatic N) is 2. The first-order chi connectivity index (χ1) is 6.27. The molecule has 0 aliphatic rings. The van der Waals surface area contributed by atoms with E-state index < -0.39 is 0 Å². The molecule has 1 heterocycles. The van der Waals surface area contributed by atoms with Gasteiger partial charge in [-0.1, -0.05) is 6.92 Å². The molecule has 0 aliphatic carbocycles. The summed E-state index contributed by atoms with van der Waals surface area (Å²) in [6, 6.07) is 0. The first-order valence-electron chi connectivity index (χ1n) is 4.50. The van der Waals surface area contributed by atoms with Gasteiger partial charge in [0.15, 0.2) is 0 Å². The molecular weight excluding hydrogens is 164 g/mol. The van der Waals surface area contributed by atoms with Crippen LogP contribution < -0.4 is 0 Å². The standard InChI is InChI=1S/C10H14N2O/c1-3-9(4-5-13)10-6-11-8(2)12-7-10/h5-7,9H,3-4H2,1-2H3. The van der Waals surface area contributed by atoms with Gasteiger partial charge in [-0.2, -0.15) is 0 Å². The van der Waals surface area contributed by atoms with Crippen molar-refractivity contribution in [2.75, 3.05) is 0 Å². The predicted molar refractivity (Wildman–Crippen MR) is 50.5 cm³/mol. The Morgan fingerprint density at radius 3 is 2.54 bits per heavy atom. The Bertz CT molecular complexity index is 269. The summed E-state index contributed by atoms with van der Waals surface area (Å²) >= 11 is 0. The van der Waals surface area contributed by atoms with Crippen molar-refractivity contribution in [3.8, 4) is 0 Å². The fraction of sp³-hybridized carbons (Fsp3) is 0.500. The highest BCUT2D eigenvalue weighted by Crippen LogP contribution is 2.20. The van der Waals surface area contributed by atoms with Crippen LogP contribution in [0.3, 0.4) is 0 Å². The SMILES string of the molecule is CCC(CC=O)c1cnc(C)nc1. The first kappa shape index (κ1) is 9.84. The van der Waals surface area contributed by atoms with Gasteiger partial charge in [-0.15, -0.1) is 0 Å². The summed E-state index contributed by atoms with van der Waals surface area (Å²) in [6.45, 7) is 3.92. The maximum absolute atomic E-state index is 10.4. The molecule has 1 aromatic rings. The molecule has 1 atom stereocenters. The third-order valence-corrected chi connectivity index (χ3v) is 2.15. The zero-order valence-corrected chi connectivity index (χ0v) is 8.03. The predicted octanol–water partition coefficient (Wildman–Crippen LogP) is 1.87. The third-order valence-electron chi connectivity index (χ3n) is 2.15. The lowest BCUT2D eigenvalue weighted by atomic mass is 9.96. The monoisotopic (exact) mass is 178 g/mol. The number of aldehydes is 1. The first-order valence-corrected chi connectivity index (χ1v) is 4.50. The molecule has 13 heavy (non-hydrogen) atoms. The van der Waals surface area contributed by atoms with Gasteiger partial charge >= 0.3 is 0 Å². The molecule has 0 N–H and O–H groups in total. The Morgan fingerprint density at radius 1 is 1.46 bits per heavy atom. The van der Waals surface area contributed by atoms with Crippen LogP contribution in [0.5, 0.6) is 0 Å². The van der Waals surface area contributed by atoms with Crippen molar-refractivity contribution in [2.45, 2.75) is 32.6 Å². The van der Waals surface area contributed by atoms with E-state index in [-0.39, 0.29) is 5.92 Å². The Kier molecular flexibility index (Phi) is 3.55. The molecule has 1 aromatic heterocycles. The quantitative estimate of drug-likeness (QED) is 0.661. The molecule has 0 aromatic carbocycles. The molecule has 70 valence electrons. The van der Waals surface area contributed by atoms with Gasteiger partial charge in [-0.3, -0.25) is 0 Å². The number of rotatable bonds is 4. The summed E-state index contributed by atoms with van der Waals surface area (Å²) in [7, 11) is 0. The molecule has 0 radical (unpaired) electrons. The van der Waals surface area contributed by atoms with Crippen molar-refractivity contribution in [1.29, 1.82) is 0 Å². The van der Waals surface area contributed by atoms with Gasteiger partial charge < -0.3 is 4.79 Å². The summed E-state index contributed by atoms with van der Waals surface area (Å²) in [5.74, 6) is 1.04. The van der Waals surface area contributed by atoms with E-state index in [2.05, 4.69) is 16.9 Å². The fourth-order valence-electron chi connectivity index (χ4n) is 1.27. The van der Waals surface area contributed by atoms with Crippen LogP contribution in [0.25, 0.3) is 0 Å². The maximum atomic E-state index is 10.4. The van der Waals surface area contributed by atoms with Gasteiger partial charge in [0.2, 0.25) is 0 Å². The van der Waals surface area contributed by atoms with Gasteiger partial charge in [0.1, 0.15) is 12.1 Å². The number of hydrogen-bond donors (Lipinski definition) is 0. The summed E-state index contributed by atoms with van der Waals surface area (Å²) in [5.41, 5.74) is 1.06. The summed E-state index contributed by atoms with van der Waals surface area (Å²) in [6.07, 6.45) is 6.07. The lowest BCUT2D eigenvalue weighted by Gasteiger charge is -2.10. The molecule has 1 unspecified atom stereocenters. The highest BCUT2D eigenvalue weighted by molar-refractivity contribution is 5.51. The van der Waals surface area contributed by atoms with Crippen molar-refractivity contribution < 1.29 is 4.79 Å². The van der Waals surface area contributed by atoms with Crippen LogP contribution in [-0.2, 0) is 4.79 Å². The smallest absolute Gasteiger partial charge is 0.125 e. The summed E-state index contributed by atoms with van der Waals surface area (Å²) in [4.78, 5) is 18.6.